The van der Waals surface area contributed by atoms with E-state index < -0.39 is 11.6 Å². The Morgan fingerprint density at radius 2 is 1.93 bits per heavy atom. The number of carboxylic acid groups (broad SMARTS) is 1. The molecule has 0 aliphatic carbocycles. The van der Waals surface area contributed by atoms with Crippen LogP contribution in [0.25, 0.3) is 0 Å². The monoisotopic (exact) mass is 378 g/mol. The summed E-state index contributed by atoms with van der Waals surface area (Å²) >= 11 is 0. The molecule has 0 aromatic heterocycles. The fraction of sp³-hybridized carbons (Fsp3) is 0.600. The van der Waals surface area contributed by atoms with Gasteiger partial charge < -0.3 is 19.9 Å². The molecule has 2 rings (SSSR count). The summed E-state index contributed by atoms with van der Waals surface area (Å²) in [6, 6.07) is 5.02. The van der Waals surface area contributed by atoms with Crippen molar-refractivity contribution in [1.29, 1.82) is 0 Å². The largest absolute Gasteiger partial charge is 0.492 e. The molecule has 1 aliphatic rings. The molecule has 1 heterocycles. The van der Waals surface area contributed by atoms with Crippen molar-refractivity contribution in [2.75, 3.05) is 26.2 Å². The van der Waals surface area contributed by atoms with E-state index in [4.69, 9.17) is 14.6 Å². The third-order valence-corrected chi connectivity index (χ3v) is 4.40. The van der Waals surface area contributed by atoms with Crippen LogP contribution in [0.3, 0.4) is 0 Å². The fourth-order valence-electron chi connectivity index (χ4n) is 3.00. The van der Waals surface area contributed by atoms with Gasteiger partial charge in [0.2, 0.25) is 0 Å². The second kappa shape index (κ2) is 9.08. The van der Waals surface area contributed by atoms with E-state index in [1.807, 2.05) is 27.7 Å². The Balaban J connectivity index is 1.69. The van der Waals surface area contributed by atoms with E-state index in [2.05, 4.69) is 10.2 Å². The lowest BCUT2D eigenvalue weighted by atomic mass is 10.1. The molecule has 0 saturated carbocycles. The Morgan fingerprint density at radius 3 is 2.48 bits per heavy atom. The first-order chi connectivity index (χ1) is 12.6. The maximum atomic E-state index is 11.8. The quantitative estimate of drug-likeness (QED) is 0.791. The van der Waals surface area contributed by atoms with Gasteiger partial charge in [0, 0.05) is 25.7 Å². The minimum Gasteiger partial charge on any atom is -0.492 e. The van der Waals surface area contributed by atoms with Crippen LogP contribution in [0.2, 0.25) is 0 Å². The zero-order valence-corrected chi connectivity index (χ0v) is 16.6. The van der Waals surface area contributed by atoms with Gasteiger partial charge in [-0.3, -0.25) is 4.90 Å². The average Bonchev–Trinajstić information content (AvgIpc) is 2.56. The van der Waals surface area contributed by atoms with Crippen molar-refractivity contribution >= 4 is 12.1 Å². The maximum Gasteiger partial charge on any atom is 0.407 e. The van der Waals surface area contributed by atoms with Gasteiger partial charge in [-0.1, -0.05) is 0 Å². The molecule has 150 valence electrons. The van der Waals surface area contributed by atoms with Crippen molar-refractivity contribution in [2.45, 2.75) is 52.2 Å². The lowest BCUT2D eigenvalue weighted by Crippen LogP contribution is -2.46. The van der Waals surface area contributed by atoms with E-state index >= 15 is 0 Å². The number of amides is 1. The number of ether oxygens (including phenoxy) is 2. The van der Waals surface area contributed by atoms with Crippen LogP contribution < -0.4 is 10.1 Å². The number of hydrogen-bond donors (Lipinski definition) is 2. The van der Waals surface area contributed by atoms with Crippen LogP contribution in [0.1, 0.15) is 49.5 Å². The number of nitrogens with one attached hydrogen (secondary N) is 1. The van der Waals surface area contributed by atoms with Crippen LogP contribution in [-0.2, 0) is 4.74 Å². The predicted octanol–water partition coefficient (Wildman–Crippen LogP) is 3.06. The average molecular weight is 378 g/mol. The minimum atomic E-state index is -0.937. The highest BCUT2D eigenvalue weighted by Gasteiger charge is 2.23. The Kier molecular flexibility index (Phi) is 7.07. The van der Waals surface area contributed by atoms with E-state index in [0.29, 0.717) is 12.4 Å². The molecule has 1 aromatic rings. The molecule has 0 bridgehead atoms. The van der Waals surface area contributed by atoms with Gasteiger partial charge in [-0.15, -0.1) is 0 Å². The third kappa shape index (κ3) is 7.09. The Hall–Kier alpha value is -2.28. The highest BCUT2D eigenvalue weighted by atomic mass is 16.6. The molecule has 0 atom stereocenters. The zero-order valence-electron chi connectivity index (χ0n) is 16.6. The van der Waals surface area contributed by atoms with Crippen LogP contribution in [0.4, 0.5) is 4.79 Å². The zero-order chi connectivity index (χ0) is 20.0. The molecule has 1 aromatic carbocycles. The Labute approximate surface area is 160 Å². The summed E-state index contributed by atoms with van der Waals surface area (Å²) in [5.41, 5.74) is 0.595. The van der Waals surface area contributed by atoms with Gasteiger partial charge in [-0.25, -0.2) is 9.59 Å². The summed E-state index contributed by atoms with van der Waals surface area (Å²) in [5.74, 6) is -0.228. The number of carbonyl (C=O) groups is 2. The highest BCUT2D eigenvalue weighted by Crippen LogP contribution is 2.19. The van der Waals surface area contributed by atoms with Crippen LogP contribution in [-0.4, -0.2) is 60.0 Å². The highest BCUT2D eigenvalue weighted by molar-refractivity contribution is 5.88. The van der Waals surface area contributed by atoms with Gasteiger partial charge in [0.25, 0.3) is 0 Å². The SMILES string of the molecule is Cc1cc(C(=O)O)ccc1OCCN1CCC(NC(=O)OC(C)(C)C)CC1. The summed E-state index contributed by atoms with van der Waals surface area (Å²) in [6.07, 6.45) is 1.40. The molecule has 1 saturated heterocycles. The van der Waals surface area contributed by atoms with Crippen LogP contribution in [0.5, 0.6) is 5.75 Å². The van der Waals surface area contributed by atoms with Crippen molar-refractivity contribution in [1.82, 2.24) is 10.2 Å². The molecule has 1 fully saturated rings. The minimum absolute atomic E-state index is 0.142. The van der Waals surface area contributed by atoms with Crippen molar-refractivity contribution in [3.05, 3.63) is 29.3 Å². The molecule has 0 unspecified atom stereocenters. The fourth-order valence-corrected chi connectivity index (χ4v) is 3.00. The number of rotatable bonds is 6. The first-order valence-electron chi connectivity index (χ1n) is 9.32. The normalized spacial score (nSPS) is 16.0. The van der Waals surface area contributed by atoms with Crippen LogP contribution in [0, 0.1) is 6.92 Å². The van der Waals surface area contributed by atoms with E-state index in [9.17, 15) is 9.59 Å². The topological polar surface area (TPSA) is 88.1 Å². The number of aryl methyl sites for hydroxylation is 1. The standard InChI is InChI=1S/C20H30N2O5/c1-14-13-15(18(23)24)5-6-17(14)26-12-11-22-9-7-16(8-10-22)21-19(25)27-20(2,3)4/h5-6,13,16H,7-12H2,1-4H3,(H,21,25)(H,23,24). The van der Waals surface area contributed by atoms with E-state index in [0.717, 1.165) is 38.0 Å². The summed E-state index contributed by atoms with van der Waals surface area (Å²) in [7, 11) is 0. The van der Waals surface area contributed by atoms with Gasteiger partial charge in [-0.2, -0.15) is 0 Å². The first kappa shape index (κ1) is 21.0. The van der Waals surface area contributed by atoms with Crippen molar-refractivity contribution in [2.24, 2.45) is 0 Å². The number of alkyl carbamates (subject to hydrolysis) is 1. The molecule has 1 amide bonds. The molecular weight excluding hydrogens is 348 g/mol. The summed E-state index contributed by atoms with van der Waals surface area (Å²) in [5, 5.41) is 11.9. The van der Waals surface area contributed by atoms with E-state index in [-0.39, 0.29) is 17.7 Å². The maximum absolute atomic E-state index is 11.8. The third-order valence-electron chi connectivity index (χ3n) is 4.40. The Morgan fingerprint density at radius 1 is 1.26 bits per heavy atom. The smallest absolute Gasteiger partial charge is 0.407 e. The van der Waals surface area contributed by atoms with Crippen molar-refractivity contribution < 1.29 is 24.2 Å². The van der Waals surface area contributed by atoms with Crippen molar-refractivity contribution in [3.8, 4) is 5.75 Å². The lowest BCUT2D eigenvalue weighted by Gasteiger charge is -2.32. The van der Waals surface area contributed by atoms with Crippen LogP contribution >= 0.6 is 0 Å². The van der Waals surface area contributed by atoms with Gasteiger partial charge in [0.05, 0.1) is 5.56 Å². The molecule has 27 heavy (non-hydrogen) atoms. The number of carbonyl (C=O) groups excluding carboxylic acids is 1. The molecule has 7 heteroatoms. The predicted molar refractivity (Wildman–Crippen MR) is 102 cm³/mol. The molecule has 2 N–H and O–H groups in total. The van der Waals surface area contributed by atoms with Gasteiger partial charge in [0.1, 0.15) is 18.0 Å². The Bertz CT molecular complexity index is 661. The van der Waals surface area contributed by atoms with Gasteiger partial charge in [-0.05, 0) is 64.3 Å². The van der Waals surface area contributed by atoms with E-state index in [1.165, 1.54) is 0 Å². The van der Waals surface area contributed by atoms with E-state index in [1.54, 1.807) is 18.2 Å². The number of likely N-dealkylation sites (tertiary alicyclic amines) is 1. The summed E-state index contributed by atoms with van der Waals surface area (Å²) < 4.78 is 11.1. The number of carboxylic acids is 1. The number of aromatic carboxylic acids is 1. The number of benzene rings is 1. The number of piperidine rings is 1. The molecule has 7 nitrogen and oxygen atoms in total. The summed E-state index contributed by atoms with van der Waals surface area (Å²) in [4.78, 5) is 25.1. The molecule has 0 spiro atoms. The molecule has 0 radical (unpaired) electrons. The first-order valence-corrected chi connectivity index (χ1v) is 9.32. The second-order valence-electron chi connectivity index (χ2n) is 7.90. The van der Waals surface area contributed by atoms with Gasteiger partial charge >= 0.3 is 12.1 Å². The van der Waals surface area contributed by atoms with Crippen LogP contribution in [0.15, 0.2) is 18.2 Å². The van der Waals surface area contributed by atoms with Crippen molar-refractivity contribution in [3.63, 3.8) is 0 Å². The number of nitrogens with zero attached hydrogens (tertiary/aromatic N) is 1. The summed E-state index contributed by atoms with van der Waals surface area (Å²) in [6.45, 7) is 10.5. The number of hydrogen-bond acceptors (Lipinski definition) is 5. The molecule has 1 aliphatic heterocycles. The van der Waals surface area contributed by atoms with Gasteiger partial charge in [0.15, 0.2) is 0 Å². The lowest BCUT2D eigenvalue weighted by molar-refractivity contribution is 0.0475. The second-order valence-corrected chi connectivity index (χ2v) is 7.90. The molecular formula is C20H30N2O5.